The first-order valence-electron chi connectivity index (χ1n) is 20.0. The zero-order valence-corrected chi connectivity index (χ0v) is 34.3. The molecule has 308 valence electrons. The summed E-state index contributed by atoms with van der Waals surface area (Å²) in [4.78, 5) is 85.7. The molecular weight excluding hydrogens is 776 g/mol. The van der Waals surface area contributed by atoms with E-state index in [2.05, 4.69) is 44.1 Å². The molecule has 2 aromatic carbocycles. The fourth-order valence-electron chi connectivity index (χ4n) is 9.31. The Bertz CT molecular complexity index is 2240. The van der Waals surface area contributed by atoms with Crippen LogP contribution in [0.4, 0.5) is 5.82 Å². The molecule has 3 fully saturated rings. The topological polar surface area (TPSA) is 179 Å². The molecule has 0 bridgehead atoms. The van der Waals surface area contributed by atoms with Gasteiger partial charge in [-0.15, -0.1) is 0 Å². The van der Waals surface area contributed by atoms with Crippen LogP contribution in [-0.2, 0) is 14.4 Å². The van der Waals surface area contributed by atoms with Gasteiger partial charge < -0.3 is 19.3 Å². The largest absolute Gasteiger partial charge is 0.494 e. The van der Waals surface area contributed by atoms with Crippen molar-refractivity contribution in [3.05, 3.63) is 82.0 Å². The van der Waals surface area contributed by atoms with Crippen LogP contribution in [0.25, 0.3) is 0 Å². The van der Waals surface area contributed by atoms with Crippen LogP contribution >= 0.6 is 11.6 Å². The van der Waals surface area contributed by atoms with Crippen LogP contribution in [0.15, 0.2) is 54.7 Å². The maximum Gasteiger partial charge on any atom is 0.262 e. The molecule has 1 N–H and O–H groups in total. The molecule has 3 aliphatic heterocycles. The fraction of sp³-hybridized carbons (Fsp3) is 0.455. The Balaban J connectivity index is 0.825. The molecule has 15 heteroatoms. The number of anilines is 1. The second-order valence-electron chi connectivity index (χ2n) is 16.8. The lowest BCUT2D eigenvalue weighted by Crippen LogP contribution is -2.66. The third kappa shape index (κ3) is 8.13. The average molecular weight is 823 g/mol. The second-order valence-corrected chi connectivity index (χ2v) is 17.3. The molecule has 0 radical (unpaired) electrons. The van der Waals surface area contributed by atoms with Crippen molar-refractivity contribution in [2.75, 3.05) is 37.7 Å². The minimum atomic E-state index is -1.02. The number of amides is 5. The van der Waals surface area contributed by atoms with Gasteiger partial charge in [0.05, 0.1) is 34.9 Å². The average Bonchev–Trinajstić information content (AvgIpc) is 3.45. The number of hydrogen-bond acceptors (Lipinski definition) is 11. The predicted molar refractivity (Wildman–Crippen MR) is 216 cm³/mol. The third-order valence-corrected chi connectivity index (χ3v) is 12.6. The zero-order valence-electron chi connectivity index (χ0n) is 33.6. The number of nitrogens with one attached hydrogen (secondary N) is 1. The summed E-state index contributed by atoms with van der Waals surface area (Å²) in [5.41, 5.74) is 0.667. The molecule has 3 aromatic rings. The second kappa shape index (κ2) is 16.4. The Morgan fingerprint density at radius 2 is 1.68 bits per heavy atom. The molecule has 1 aliphatic carbocycles. The van der Waals surface area contributed by atoms with E-state index in [1.54, 1.807) is 42.6 Å². The highest BCUT2D eigenvalue weighted by Crippen LogP contribution is 2.61. The highest BCUT2D eigenvalue weighted by atomic mass is 35.5. The van der Waals surface area contributed by atoms with Crippen molar-refractivity contribution >= 4 is 52.7 Å². The molecule has 2 saturated heterocycles. The first-order valence-corrected chi connectivity index (χ1v) is 20.3. The Kier molecular flexibility index (Phi) is 11.5. The van der Waals surface area contributed by atoms with E-state index in [0.717, 1.165) is 17.7 Å². The third-order valence-electron chi connectivity index (χ3n) is 12.3. The van der Waals surface area contributed by atoms with Crippen LogP contribution in [0, 0.1) is 28.1 Å². The van der Waals surface area contributed by atoms with E-state index in [-0.39, 0.29) is 65.1 Å². The number of nitriles is 1. The predicted octanol–water partition coefficient (Wildman–Crippen LogP) is 5.61. The number of rotatable bonds is 14. The van der Waals surface area contributed by atoms with Gasteiger partial charge in [0.1, 0.15) is 35.5 Å². The van der Waals surface area contributed by atoms with Crippen molar-refractivity contribution in [2.24, 2.45) is 16.7 Å². The lowest BCUT2D eigenvalue weighted by Gasteiger charge is -2.63. The number of nitrogens with zero attached hydrogens (tertiary/aromatic N) is 5. The first-order chi connectivity index (χ1) is 28.1. The SMILES string of the molecule is CC1(C)C(CC(=O)c2ccc(N3CCN(CCCCCOc4ccc5c(c4)C(=O)N(C4CCC(=O)NC4=O)C5=O)C(=O)C3)nc2)C(C)(C)C1Oc1ccc(C#N)c(Cl)c1. The lowest BCUT2D eigenvalue weighted by molar-refractivity contribution is -0.196. The number of hydrogen-bond donors (Lipinski definition) is 1. The van der Waals surface area contributed by atoms with Gasteiger partial charge in [0.25, 0.3) is 11.8 Å². The van der Waals surface area contributed by atoms with Gasteiger partial charge in [-0.3, -0.25) is 39.0 Å². The molecule has 0 spiro atoms. The number of imide groups is 2. The number of halogens is 1. The number of ketones is 1. The molecule has 4 heterocycles. The minimum Gasteiger partial charge on any atom is -0.494 e. The summed E-state index contributed by atoms with van der Waals surface area (Å²) in [6.45, 7) is 10.8. The van der Waals surface area contributed by atoms with Crippen molar-refractivity contribution in [3.8, 4) is 17.6 Å². The summed E-state index contributed by atoms with van der Waals surface area (Å²) >= 11 is 6.24. The Morgan fingerprint density at radius 3 is 2.36 bits per heavy atom. The smallest absolute Gasteiger partial charge is 0.262 e. The molecule has 4 aliphatic rings. The number of ether oxygens (including phenoxy) is 2. The Morgan fingerprint density at radius 1 is 0.932 bits per heavy atom. The Labute approximate surface area is 347 Å². The quantitative estimate of drug-likeness (QED) is 0.121. The number of pyridine rings is 1. The van der Waals surface area contributed by atoms with E-state index in [4.69, 9.17) is 21.1 Å². The van der Waals surface area contributed by atoms with Crippen LogP contribution < -0.4 is 19.7 Å². The van der Waals surface area contributed by atoms with Gasteiger partial charge in [0, 0.05) is 61.1 Å². The number of unbranched alkanes of at least 4 members (excludes halogenated alkanes) is 2. The van der Waals surface area contributed by atoms with Crippen molar-refractivity contribution in [1.82, 2.24) is 20.1 Å². The standard InChI is InChI=1S/C44H47ClN6O8/c1-43(2)35(44(3,4)42(43)59-29-10-8-26(23-46)32(45)21-29)22-34(52)27-9-14-36(47-24-27)50-18-17-49(38(54)25-50)16-6-5-7-19-58-28-11-12-30-31(20-28)41(57)51(40(30)56)33-13-15-37(53)48-39(33)55/h8-12,14,20-21,24,33,35,42H,5-7,13,15-19,22,25H2,1-4H3,(H,48,53,55). The fourth-order valence-corrected chi connectivity index (χ4v) is 9.52. The van der Waals surface area contributed by atoms with E-state index in [1.807, 2.05) is 9.80 Å². The number of piperazine rings is 1. The van der Waals surface area contributed by atoms with E-state index in [0.29, 0.717) is 72.5 Å². The molecular formula is C44H47ClN6O8. The van der Waals surface area contributed by atoms with Crippen LogP contribution in [0.3, 0.4) is 0 Å². The molecule has 5 amide bonds. The van der Waals surface area contributed by atoms with Gasteiger partial charge in [-0.05, 0) is 74.1 Å². The van der Waals surface area contributed by atoms with Crippen LogP contribution in [0.1, 0.15) is 103 Å². The van der Waals surface area contributed by atoms with Crippen LogP contribution in [-0.4, -0.2) is 95.0 Å². The van der Waals surface area contributed by atoms with E-state index >= 15 is 0 Å². The van der Waals surface area contributed by atoms with Crippen molar-refractivity contribution in [2.45, 2.75) is 78.4 Å². The molecule has 1 aromatic heterocycles. The zero-order chi connectivity index (χ0) is 42.2. The van der Waals surface area contributed by atoms with Crippen molar-refractivity contribution in [1.29, 1.82) is 5.26 Å². The molecule has 59 heavy (non-hydrogen) atoms. The van der Waals surface area contributed by atoms with Gasteiger partial charge in [0.15, 0.2) is 5.78 Å². The summed E-state index contributed by atoms with van der Waals surface area (Å²) in [5.74, 6) is -0.505. The molecule has 1 saturated carbocycles. The molecule has 1 unspecified atom stereocenters. The Hall–Kier alpha value is -5.81. The number of carbonyl (C=O) groups excluding carboxylic acids is 6. The van der Waals surface area contributed by atoms with Crippen molar-refractivity contribution in [3.63, 3.8) is 0 Å². The van der Waals surface area contributed by atoms with Gasteiger partial charge in [0.2, 0.25) is 17.7 Å². The summed E-state index contributed by atoms with van der Waals surface area (Å²) in [6.07, 6.45) is 4.22. The number of fused-ring (bicyclic) bond motifs is 1. The maximum absolute atomic E-state index is 13.5. The van der Waals surface area contributed by atoms with E-state index < -0.39 is 29.7 Å². The monoisotopic (exact) mass is 822 g/mol. The maximum atomic E-state index is 13.5. The summed E-state index contributed by atoms with van der Waals surface area (Å²) in [6, 6.07) is 14.3. The van der Waals surface area contributed by atoms with E-state index in [9.17, 15) is 34.0 Å². The number of aromatic nitrogens is 1. The summed E-state index contributed by atoms with van der Waals surface area (Å²) < 4.78 is 12.2. The van der Waals surface area contributed by atoms with Gasteiger partial charge in [-0.2, -0.15) is 5.26 Å². The van der Waals surface area contributed by atoms with Crippen molar-refractivity contribution < 1.29 is 38.2 Å². The van der Waals surface area contributed by atoms with Gasteiger partial charge in [-0.25, -0.2) is 4.98 Å². The van der Waals surface area contributed by atoms with Crippen LogP contribution in [0.5, 0.6) is 11.5 Å². The minimum absolute atomic E-state index is 0.00129. The van der Waals surface area contributed by atoms with Gasteiger partial charge in [-0.1, -0.05) is 39.3 Å². The number of benzene rings is 2. The van der Waals surface area contributed by atoms with Gasteiger partial charge >= 0.3 is 0 Å². The molecule has 14 nitrogen and oxygen atoms in total. The number of carbonyl (C=O) groups is 6. The number of Topliss-reactive ketones (excluding diaryl/α,β-unsaturated/α-hetero) is 1. The first kappa shape index (κ1) is 41.4. The lowest BCUT2D eigenvalue weighted by atomic mass is 9.44. The number of piperidine rings is 1. The van der Waals surface area contributed by atoms with Crippen LogP contribution in [0.2, 0.25) is 5.02 Å². The molecule has 1 atom stereocenters. The summed E-state index contributed by atoms with van der Waals surface area (Å²) in [5, 5.41) is 11.7. The van der Waals surface area contributed by atoms with E-state index in [1.165, 1.54) is 12.1 Å². The summed E-state index contributed by atoms with van der Waals surface area (Å²) in [7, 11) is 0. The molecule has 7 rings (SSSR count). The normalized spacial score (nSPS) is 22.1. The highest BCUT2D eigenvalue weighted by molar-refractivity contribution is 6.31. The highest BCUT2D eigenvalue weighted by Gasteiger charge is 2.63.